The Bertz CT molecular complexity index is 879. The number of hydrogen-bond donors (Lipinski definition) is 2. The normalized spacial score (nSPS) is 10.5. The topological polar surface area (TPSA) is 84.2 Å². The molecule has 2 aromatic heterocycles. The fraction of sp³-hybridized carbons (Fsp3) is 0.211. The predicted octanol–water partition coefficient (Wildman–Crippen LogP) is 3.21. The first kappa shape index (κ1) is 17.9. The highest BCUT2D eigenvalue weighted by Crippen LogP contribution is 2.10. The maximum atomic E-state index is 12.2. The average molecular weight is 369 g/mol. The molecule has 2 amide bonds. The highest BCUT2D eigenvalue weighted by atomic mass is 32.1. The highest BCUT2D eigenvalue weighted by molar-refractivity contribution is 7.12. The largest absolute Gasteiger partial charge is 0.444 e. The summed E-state index contributed by atoms with van der Waals surface area (Å²) in [6, 6.07) is 10.7. The van der Waals surface area contributed by atoms with Crippen molar-refractivity contribution in [2.45, 2.75) is 26.9 Å². The minimum Gasteiger partial charge on any atom is -0.444 e. The van der Waals surface area contributed by atoms with Gasteiger partial charge in [0, 0.05) is 12.1 Å². The number of nitrogens with one attached hydrogen (secondary N) is 2. The van der Waals surface area contributed by atoms with Crippen molar-refractivity contribution in [3.8, 4) is 0 Å². The van der Waals surface area contributed by atoms with Crippen LogP contribution in [0.3, 0.4) is 0 Å². The first-order chi connectivity index (χ1) is 12.5. The van der Waals surface area contributed by atoms with Crippen molar-refractivity contribution < 1.29 is 14.0 Å². The van der Waals surface area contributed by atoms with Crippen LogP contribution < -0.4 is 10.6 Å². The maximum Gasteiger partial charge on any atom is 0.261 e. The molecule has 3 rings (SSSR count). The zero-order valence-corrected chi connectivity index (χ0v) is 15.4. The zero-order valence-electron chi connectivity index (χ0n) is 14.5. The van der Waals surface area contributed by atoms with Crippen LogP contribution >= 0.6 is 11.3 Å². The number of carbonyl (C=O) groups excluding carboxylic acids is 2. The summed E-state index contributed by atoms with van der Waals surface area (Å²) in [6.07, 6.45) is 0. The number of oxazole rings is 1. The third-order valence-electron chi connectivity index (χ3n) is 3.89. The van der Waals surface area contributed by atoms with Crippen LogP contribution in [0, 0.1) is 13.8 Å². The van der Waals surface area contributed by atoms with Gasteiger partial charge in [0.1, 0.15) is 5.76 Å². The van der Waals surface area contributed by atoms with Crippen LogP contribution in [0.4, 0.5) is 0 Å². The zero-order chi connectivity index (χ0) is 18.5. The van der Waals surface area contributed by atoms with E-state index in [2.05, 4.69) is 15.6 Å². The van der Waals surface area contributed by atoms with Crippen molar-refractivity contribution in [2.24, 2.45) is 0 Å². The van der Waals surface area contributed by atoms with Crippen molar-refractivity contribution in [3.63, 3.8) is 0 Å². The van der Waals surface area contributed by atoms with Gasteiger partial charge in [0.25, 0.3) is 11.8 Å². The Kier molecular flexibility index (Phi) is 5.48. The average Bonchev–Trinajstić information content (AvgIpc) is 3.28. The second kappa shape index (κ2) is 7.97. The van der Waals surface area contributed by atoms with Crippen molar-refractivity contribution in [1.29, 1.82) is 0 Å². The van der Waals surface area contributed by atoms with Crippen LogP contribution in [0.2, 0.25) is 0 Å². The number of aromatic nitrogens is 1. The molecule has 1 aromatic carbocycles. The number of thiophene rings is 1. The summed E-state index contributed by atoms with van der Waals surface area (Å²) in [5.74, 6) is 0.940. The second-order valence-electron chi connectivity index (χ2n) is 5.79. The lowest BCUT2D eigenvalue weighted by Gasteiger charge is -2.06. The van der Waals surface area contributed by atoms with Crippen molar-refractivity contribution in [2.75, 3.05) is 0 Å². The van der Waals surface area contributed by atoms with E-state index in [4.69, 9.17) is 4.42 Å². The quantitative estimate of drug-likeness (QED) is 0.699. The van der Waals surface area contributed by atoms with Crippen LogP contribution in [-0.2, 0) is 13.1 Å². The molecule has 0 atom stereocenters. The first-order valence-corrected chi connectivity index (χ1v) is 9.02. The summed E-state index contributed by atoms with van der Waals surface area (Å²) in [5.41, 5.74) is 2.28. The molecule has 0 bridgehead atoms. The van der Waals surface area contributed by atoms with E-state index in [1.54, 1.807) is 18.2 Å². The lowest BCUT2D eigenvalue weighted by Crippen LogP contribution is -2.23. The van der Waals surface area contributed by atoms with Gasteiger partial charge < -0.3 is 15.1 Å². The van der Waals surface area contributed by atoms with E-state index in [1.165, 1.54) is 11.3 Å². The molecule has 0 fully saturated rings. The summed E-state index contributed by atoms with van der Waals surface area (Å²) in [5, 5.41) is 7.50. The van der Waals surface area contributed by atoms with Gasteiger partial charge in [-0.15, -0.1) is 11.3 Å². The monoisotopic (exact) mass is 369 g/mol. The molecule has 7 heteroatoms. The lowest BCUT2D eigenvalue weighted by molar-refractivity contribution is 0.0941. The fourth-order valence-electron chi connectivity index (χ4n) is 2.32. The van der Waals surface area contributed by atoms with Gasteiger partial charge >= 0.3 is 0 Å². The standard InChI is InChI=1S/C19H19N3O3S/c1-12-13(2)25-17(22-12)11-21-18(23)15-7-5-14(6-8-15)10-20-19(24)16-4-3-9-26-16/h3-9H,10-11H2,1-2H3,(H,20,24)(H,21,23). The van der Waals surface area contributed by atoms with Gasteiger partial charge in [0.2, 0.25) is 5.89 Å². The van der Waals surface area contributed by atoms with Crippen molar-refractivity contribution in [1.82, 2.24) is 15.6 Å². The number of hydrogen-bond acceptors (Lipinski definition) is 5. The first-order valence-electron chi connectivity index (χ1n) is 8.14. The van der Waals surface area contributed by atoms with Crippen LogP contribution in [-0.4, -0.2) is 16.8 Å². The molecular weight excluding hydrogens is 350 g/mol. The second-order valence-corrected chi connectivity index (χ2v) is 6.74. The Labute approximate surface area is 155 Å². The number of amides is 2. The van der Waals surface area contributed by atoms with E-state index in [9.17, 15) is 9.59 Å². The minimum atomic E-state index is -0.201. The van der Waals surface area contributed by atoms with Gasteiger partial charge in [-0.25, -0.2) is 4.98 Å². The fourth-order valence-corrected chi connectivity index (χ4v) is 2.96. The third kappa shape index (κ3) is 4.37. The Morgan fingerprint density at radius 2 is 1.77 bits per heavy atom. The molecular formula is C19H19N3O3S. The summed E-state index contributed by atoms with van der Waals surface area (Å²) < 4.78 is 5.44. The molecule has 0 aliphatic heterocycles. The van der Waals surface area contributed by atoms with Gasteiger partial charge in [-0.3, -0.25) is 9.59 Å². The predicted molar refractivity (Wildman–Crippen MR) is 99.1 cm³/mol. The summed E-state index contributed by atoms with van der Waals surface area (Å²) >= 11 is 1.40. The molecule has 0 saturated heterocycles. The van der Waals surface area contributed by atoms with E-state index in [0.717, 1.165) is 17.0 Å². The molecule has 0 unspecified atom stereocenters. The molecule has 0 aliphatic rings. The minimum absolute atomic E-state index is 0.0987. The molecule has 3 aromatic rings. The Morgan fingerprint density at radius 3 is 2.38 bits per heavy atom. The van der Waals surface area contributed by atoms with E-state index in [0.29, 0.717) is 22.9 Å². The number of carbonyl (C=O) groups is 2. The van der Waals surface area contributed by atoms with Crippen molar-refractivity contribution in [3.05, 3.63) is 75.1 Å². The van der Waals surface area contributed by atoms with E-state index >= 15 is 0 Å². The molecule has 134 valence electrons. The number of aryl methyl sites for hydroxylation is 2. The summed E-state index contributed by atoms with van der Waals surface area (Å²) in [4.78, 5) is 29.0. The van der Waals surface area contributed by atoms with Gasteiger partial charge in [-0.05, 0) is 43.0 Å². The van der Waals surface area contributed by atoms with Crippen LogP contribution in [0.25, 0.3) is 0 Å². The van der Waals surface area contributed by atoms with Crippen LogP contribution in [0.5, 0.6) is 0 Å². The molecule has 6 nitrogen and oxygen atoms in total. The smallest absolute Gasteiger partial charge is 0.261 e. The summed E-state index contributed by atoms with van der Waals surface area (Å²) in [6.45, 7) is 4.35. The maximum absolute atomic E-state index is 12.2. The Hall–Kier alpha value is -2.93. The van der Waals surface area contributed by atoms with Gasteiger partial charge in [-0.2, -0.15) is 0 Å². The SMILES string of the molecule is Cc1nc(CNC(=O)c2ccc(CNC(=O)c3cccs3)cc2)oc1C. The van der Waals surface area contributed by atoms with E-state index in [1.807, 2.05) is 37.4 Å². The van der Waals surface area contributed by atoms with Gasteiger partial charge in [-0.1, -0.05) is 18.2 Å². The number of nitrogens with zero attached hydrogens (tertiary/aromatic N) is 1. The lowest BCUT2D eigenvalue weighted by atomic mass is 10.1. The van der Waals surface area contributed by atoms with Crippen LogP contribution in [0.1, 0.15) is 42.9 Å². The molecule has 26 heavy (non-hydrogen) atoms. The number of benzene rings is 1. The molecule has 0 spiro atoms. The van der Waals surface area contributed by atoms with Gasteiger partial charge in [0.05, 0.1) is 17.1 Å². The highest BCUT2D eigenvalue weighted by Gasteiger charge is 2.10. The van der Waals surface area contributed by atoms with Gasteiger partial charge in [0.15, 0.2) is 0 Å². The van der Waals surface area contributed by atoms with E-state index < -0.39 is 0 Å². The Morgan fingerprint density at radius 1 is 1.04 bits per heavy atom. The third-order valence-corrected chi connectivity index (χ3v) is 4.76. The summed E-state index contributed by atoms with van der Waals surface area (Å²) in [7, 11) is 0. The molecule has 0 aliphatic carbocycles. The molecule has 0 saturated carbocycles. The molecule has 2 heterocycles. The van der Waals surface area contributed by atoms with Crippen LogP contribution in [0.15, 0.2) is 46.2 Å². The molecule has 0 radical (unpaired) electrons. The van der Waals surface area contributed by atoms with Crippen molar-refractivity contribution >= 4 is 23.2 Å². The molecule has 2 N–H and O–H groups in total. The van der Waals surface area contributed by atoms with E-state index in [-0.39, 0.29) is 18.4 Å². The number of rotatable bonds is 6. The Balaban J connectivity index is 1.51.